The minimum atomic E-state index is -0.460. The van der Waals surface area contributed by atoms with Crippen molar-refractivity contribution in [1.82, 2.24) is 5.32 Å². The zero-order valence-electron chi connectivity index (χ0n) is 10.8. The molecule has 0 aliphatic rings. The first-order chi connectivity index (χ1) is 8.56. The Hall–Kier alpha value is -1.82. The number of nitrogens with zero attached hydrogens (tertiary/aromatic N) is 1. The quantitative estimate of drug-likeness (QED) is 0.595. The molecule has 0 bridgehead atoms. The van der Waals surface area contributed by atoms with Crippen molar-refractivity contribution in [2.75, 3.05) is 20.2 Å². The van der Waals surface area contributed by atoms with Gasteiger partial charge in [0.05, 0.1) is 23.7 Å². The van der Waals surface area contributed by atoms with Gasteiger partial charge in [-0.15, -0.1) is 0 Å². The molecule has 0 heterocycles. The number of nitro groups is 1. The lowest BCUT2D eigenvalue weighted by Crippen LogP contribution is -2.26. The molecule has 18 heavy (non-hydrogen) atoms. The van der Waals surface area contributed by atoms with Crippen molar-refractivity contribution in [3.05, 3.63) is 28.3 Å². The number of likely N-dealkylation sites (N-methyl/N-ethyl adjacent to an activating group) is 1. The van der Waals surface area contributed by atoms with Crippen molar-refractivity contribution in [3.63, 3.8) is 0 Å². The highest BCUT2D eigenvalue weighted by molar-refractivity contribution is 5.46. The van der Waals surface area contributed by atoms with Gasteiger partial charge in [-0.25, -0.2) is 0 Å². The third-order valence-electron chi connectivity index (χ3n) is 2.22. The summed E-state index contributed by atoms with van der Waals surface area (Å²) in [6.45, 7) is 4.82. The summed E-state index contributed by atoms with van der Waals surface area (Å²) >= 11 is 0. The van der Waals surface area contributed by atoms with Crippen LogP contribution in [0.15, 0.2) is 18.2 Å². The second-order valence-corrected chi connectivity index (χ2v) is 3.84. The van der Waals surface area contributed by atoms with Gasteiger partial charge in [0.1, 0.15) is 17.6 Å². The maximum Gasteiger partial charge on any atom is 0.276 e. The normalized spacial score (nSPS) is 11.9. The Balaban J connectivity index is 2.91. The largest absolute Gasteiger partial charge is 0.493 e. The first kappa shape index (κ1) is 14.2. The van der Waals surface area contributed by atoms with Gasteiger partial charge < -0.3 is 14.8 Å². The van der Waals surface area contributed by atoms with Crippen LogP contribution in [-0.2, 0) is 0 Å². The van der Waals surface area contributed by atoms with E-state index in [-0.39, 0.29) is 11.8 Å². The fraction of sp³-hybridized carbons (Fsp3) is 0.500. The van der Waals surface area contributed by atoms with Gasteiger partial charge in [0, 0.05) is 12.6 Å². The lowest BCUT2D eigenvalue weighted by atomic mass is 10.2. The van der Waals surface area contributed by atoms with Crippen LogP contribution < -0.4 is 14.8 Å². The monoisotopic (exact) mass is 254 g/mol. The topological polar surface area (TPSA) is 73.6 Å². The summed E-state index contributed by atoms with van der Waals surface area (Å²) in [5, 5.41) is 13.8. The molecule has 1 unspecified atom stereocenters. The summed E-state index contributed by atoms with van der Waals surface area (Å²) < 4.78 is 10.9. The van der Waals surface area contributed by atoms with Crippen LogP contribution in [0.1, 0.15) is 13.8 Å². The van der Waals surface area contributed by atoms with Crippen LogP contribution in [0.5, 0.6) is 11.5 Å². The van der Waals surface area contributed by atoms with Crippen LogP contribution in [0.4, 0.5) is 5.69 Å². The van der Waals surface area contributed by atoms with E-state index in [9.17, 15) is 10.1 Å². The average molecular weight is 254 g/mol. The predicted molar refractivity (Wildman–Crippen MR) is 68.3 cm³/mol. The number of rotatable bonds is 7. The SMILES string of the molecule is CCOc1cc(OC(C)CNC)cc([N+](=O)[O-])c1. The summed E-state index contributed by atoms with van der Waals surface area (Å²) in [7, 11) is 1.82. The molecule has 100 valence electrons. The van der Waals surface area contributed by atoms with E-state index in [1.54, 1.807) is 6.07 Å². The van der Waals surface area contributed by atoms with Gasteiger partial charge in [-0.3, -0.25) is 10.1 Å². The van der Waals surface area contributed by atoms with Crippen molar-refractivity contribution in [1.29, 1.82) is 0 Å². The molecule has 0 spiro atoms. The van der Waals surface area contributed by atoms with Crippen LogP contribution >= 0.6 is 0 Å². The Morgan fingerprint density at radius 3 is 2.61 bits per heavy atom. The van der Waals surface area contributed by atoms with Gasteiger partial charge in [-0.05, 0) is 20.9 Å². The van der Waals surface area contributed by atoms with E-state index in [0.717, 1.165) is 0 Å². The van der Waals surface area contributed by atoms with Crippen molar-refractivity contribution >= 4 is 5.69 Å². The van der Waals surface area contributed by atoms with Crippen molar-refractivity contribution in [2.45, 2.75) is 20.0 Å². The second-order valence-electron chi connectivity index (χ2n) is 3.84. The molecule has 1 aromatic rings. The molecule has 0 amide bonds. The molecular weight excluding hydrogens is 236 g/mol. The summed E-state index contributed by atoms with van der Waals surface area (Å²) in [6.07, 6.45) is -0.0773. The molecule has 0 aliphatic heterocycles. The standard InChI is InChI=1S/C12H18N2O4/c1-4-17-11-5-10(14(15)16)6-12(7-11)18-9(2)8-13-3/h5-7,9,13H,4,8H2,1-3H3. The maximum atomic E-state index is 10.8. The van der Waals surface area contributed by atoms with E-state index in [0.29, 0.717) is 24.7 Å². The van der Waals surface area contributed by atoms with Crippen molar-refractivity contribution in [3.8, 4) is 11.5 Å². The third kappa shape index (κ3) is 4.21. The predicted octanol–water partition coefficient (Wildman–Crippen LogP) is 1.98. The molecule has 0 fully saturated rings. The third-order valence-corrected chi connectivity index (χ3v) is 2.22. The minimum Gasteiger partial charge on any atom is -0.493 e. The van der Waals surface area contributed by atoms with Gasteiger partial charge in [0.2, 0.25) is 0 Å². The average Bonchev–Trinajstić information content (AvgIpc) is 2.29. The summed E-state index contributed by atoms with van der Waals surface area (Å²) in [5.41, 5.74) is -0.0346. The Bertz CT molecular complexity index is 409. The molecule has 0 aromatic heterocycles. The van der Waals surface area contributed by atoms with Crippen molar-refractivity contribution < 1.29 is 14.4 Å². The Kier molecular flexibility index (Phi) is 5.38. The first-order valence-electron chi connectivity index (χ1n) is 5.80. The van der Waals surface area contributed by atoms with Gasteiger partial charge in [0.25, 0.3) is 5.69 Å². The first-order valence-corrected chi connectivity index (χ1v) is 5.80. The number of hydrogen-bond acceptors (Lipinski definition) is 5. The smallest absolute Gasteiger partial charge is 0.276 e. The van der Waals surface area contributed by atoms with Crippen LogP contribution in [0, 0.1) is 10.1 Å². The number of nitrogens with one attached hydrogen (secondary N) is 1. The molecule has 6 nitrogen and oxygen atoms in total. The Morgan fingerprint density at radius 1 is 1.39 bits per heavy atom. The Labute approximate surface area is 106 Å². The molecule has 6 heteroatoms. The molecule has 1 aromatic carbocycles. The van der Waals surface area contributed by atoms with Gasteiger partial charge >= 0.3 is 0 Å². The van der Waals surface area contributed by atoms with Crippen LogP contribution in [0.2, 0.25) is 0 Å². The molecule has 1 atom stereocenters. The zero-order valence-corrected chi connectivity index (χ0v) is 10.8. The highest BCUT2D eigenvalue weighted by atomic mass is 16.6. The summed E-state index contributed by atoms with van der Waals surface area (Å²) in [5.74, 6) is 0.883. The van der Waals surface area contributed by atoms with Gasteiger partial charge in [-0.1, -0.05) is 0 Å². The van der Waals surface area contributed by atoms with E-state index in [1.807, 2.05) is 20.9 Å². The second kappa shape index (κ2) is 6.80. The summed E-state index contributed by atoms with van der Waals surface area (Å²) in [4.78, 5) is 10.3. The lowest BCUT2D eigenvalue weighted by Gasteiger charge is -2.14. The molecule has 1 N–H and O–H groups in total. The Morgan fingerprint density at radius 2 is 2.06 bits per heavy atom. The number of nitro benzene ring substituents is 1. The fourth-order valence-electron chi connectivity index (χ4n) is 1.54. The van der Waals surface area contributed by atoms with Crippen molar-refractivity contribution in [2.24, 2.45) is 0 Å². The number of ether oxygens (including phenoxy) is 2. The molecule has 1 rings (SSSR count). The highest BCUT2D eigenvalue weighted by Gasteiger charge is 2.13. The molecule has 0 saturated heterocycles. The van der Waals surface area contributed by atoms with Crippen LogP contribution in [0.3, 0.4) is 0 Å². The van der Waals surface area contributed by atoms with E-state index in [4.69, 9.17) is 9.47 Å². The van der Waals surface area contributed by atoms with Crippen LogP contribution in [-0.4, -0.2) is 31.2 Å². The molecule has 0 saturated carbocycles. The fourth-order valence-corrected chi connectivity index (χ4v) is 1.54. The maximum absolute atomic E-state index is 10.8. The van der Waals surface area contributed by atoms with E-state index in [1.165, 1.54) is 12.1 Å². The molecule has 0 radical (unpaired) electrons. The number of non-ortho nitro benzene ring substituents is 1. The number of benzene rings is 1. The highest BCUT2D eigenvalue weighted by Crippen LogP contribution is 2.28. The molecule has 0 aliphatic carbocycles. The molecular formula is C12H18N2O4. The lowest BCUT2D eigenvalue weighted by molar-refractivity contribution is -0.385. The minimum absolute atomic E-state index is 0.0346. The van der Waals surface area contributed by atoms with Crippen LogP contribution in [0.25, 0.3) is 0 Å². The van der Waals surface area contributed by atoms with E-state index < -0.39 is 4.92 Å². The van der Waals surface area contributed by atoms with Gasteiger partial charge in [-0.2, -0.15) is 0 Å². The van der Waals surface area contributed by atoms with E-state index >= 15 is 0 Å². The summed E-state index contributed by atoms with van der Waals surface area (Å²) in [6, 6.07) is 4.44. The number of hydrogen-bond donors (Lipinski definition) is 1. The zero-order chi connectivity index (χ0) is 13.5. The van der Waals surface area contributed by atoms with E-state index in [2.05, 4.69) is 5.32 Å². The van der Waals surface area contributed by atoms with Gasteiger partial charge in [0.15, 0.2) is 0 Å².